The molecular weight excluding hydrogens is 455 g/mol. The van der Waals surface area contributed by atoms with Crippen molar-refractivity contribution >= 4 is 16.9 Å². The van der Waals surface area contributed by atoms with E-state index in [-0.39, 0.29) is 18.8 Å². The molecule has 1 aliphatic carbocycles. The molecular formula is C28H30F3NO3. The number of esters is 1. The molecule has 0 amide bonds. The first-order valence-electron chi connectivity index (χ1n) is 12.1. The Bertz CT molecular complexity index is 1170. The van der Waals surface area contributed by atoms with Crippen LogP contribution >= 0.6 is 0 Å². The first kappa shape index (κ1) is 25.0. The number of fused-ring (bicyclic) bond motifs is 1. The molecule has 0 unspecified atom stereocenters. The van der Waals surface area contributed by atoms with Crippen LogP contribution in [0.2, 0.25) is 0 Å². The molecule has 0 aliphatic heterocycles. The highest BCUT2D eigenvalue weighted by Crippen LogP contribution is 2.50. The van der Waals surface area contributed by atoms with Gasteiger partial charge in [-0.1, -0.05) is 31.5 Å². The van der Waals surface area contributed by atoms with Gasteiger partial charge in [0.1, 0.15) is 0 Å². The van der Waals surface area contributed by atoms with E-state index in [9.17, 15) is 18.0 Å². The van der Waals surface area contributed by atoms with E-state index in [2.05, 4.69) is 4.98 Å². The van der Waals surface area contributed by atoms with E-state index in [1.54, 1.807) is 25.3 Å². The number of nitrogens with zero attached hydrogens (tertiary/aromatic N) is 1. The van der Waals surface area contributed by atoms with Gasteiger partial charge in [-0.3, -0.25) is 0 Å². The highest BCUT2D eigenvalue weighted by molar-refractivity contribution is 5.89. The minimum absolute atomic E-state index is 0.0587. The molecule has 0 N–H and O–H groups in total. The smallest absolute Gasteiger partial charge is 0.391 e. The first-order chi connectivity index (χ1) is 16.8. The number of carbonyl (C=O) groups is 1. The van der Waals surface area contributed by atoms with Crippen LogP contribution in [0.3, 0.4) is 0 Å². The lowest BCUT2D eigenvalue weighted by Crippen LogP contribution is -2.37. The summed E-state index contributed by atoms with van der Waals surface area (Å²) >= 11 is 0. The van der Waals surface area contributed by atoms with Gasteiger partial charge in [-0.2, -0.15) is 13.2 Å². The second-order valence-electron chi connectivity index (χ2n) is 9.23. The third-order valence-electron chi connectivity index (χ3n) is 7.13. The van der Waals surface area contributed by atoms with Crippen molar-refractivity contribution < 1.29 is 27.4 Å². The molecule has 35 heavy (non-hydrogen) atoms. The van der Waals surface area contributed by atoms with Crippen molar-refractivity contribution in [1.82, 2.24) is 4.98 Å². The summed E-state index contributed by atoms with van der Waals surface area (Å²) in [6, 6.07) is 16.7. The van der Waals surface area contributed by atoms with Crippen LogP contribution in [0.1, 0.15) is 66.9 Å². The minimum atomic E-state index is -4.19. The molecule has 1 heterocycles. The average molecular weight is 486 g/mol. The van der Waals surface area contributed by atoms with Crippen molar-refractivity contribution in [3.63, 3.8) is 0 Å². The third kappa shape index (κ3) is 5.29. The predicted molar refractivity (Wildman–Crippen MR) is 129 cm³/mol. The molecule has 1 aliphatic rings. The van der Waals surface area contributed by atoms with E-state index in [4.69, 9.17) is 9.47 Å². The molecule has 2 aromatic carbocycles. The van der Waals surface area contributed by atoms with Crippen LogP contribution in [0.5, 0.6) is 5.88 Å². The number of pyridine rings is 1. The Labute approximate surface area is 203 Å². The topological polar surface area (TPSA) is 48.4 Å². The predicted octanol–water partition coefficient (Wildman–Crippen LogP) is 7.24. The second kappa shape index (κ2) is 10.3. The average Bonchev–Trinajstić information content (AvgIpc) is 2.87. The maximum absolute atomic E-state index is 13.5. The molecule has 0 spiro atoms. The van der Waals surface area contributed by atoms with Crippen molar-refractivity contribution in [2.45, 2.75) is 57.0 Å². The van der Waals surface area contributed by atoms with Crippen molar-refractivity contribution in [3.8, 4) is 5.88 Å². The summed E-state index contributed by atoms with van der Waals surface area (Å²) in [5.41, 5.74) is 2.48. The second-order valence-corrected chi connectivity index (χ2v) is 9.23. The van der Waals surface area contributed by atoms with Crippen LogP contribution in [-0.4, -0.2) is 30.8 Å². The van der Waals surface area contributed by atoms with Crippen molar-refractivity contribution in [3.05, 3.63) is 71.3 Å². The van der Waals surface area contributed by atoms with Gasteiger partial charge in [0.15, 0.2) is 0 Å². The van der Waals surface area contributed by atoms with Crippen LogP contribution in [0.4, 0.5) is 13.2 Å². The number of aromatic nitrogens is 1. The molecule has 7 heteroatoms. The van der Waals surface area contributed by atoms with Gasteiger partial charge in [0, 0.05) is 16.9 Å². The van der Waals surface area contributed by atoms with Gasteiger partial charge in [0.2, 0.25) is 5.88 Å². The van der Waals surface area contributed by atoms with Gasteiger partial charge < -0.3 is 9.47 Å². The maximum Gasteiger partial charge on any atom is 0.391 e. The zero-order valence-electron chi connectivity index (χ0n) is 20.0. The monoisotopic (exact) mass is 485 g/mol. The van der Waals surface area contributed by atoms with Crippen LogP contribution in [0.15, 0.2) is 54.6 Å². The number of hydrogen-bond donors (Lipinski definition) is 0. The van der Waals surface area contributed by atoms with Gasteiger partial charge in [-0.15, -0.1) is 0 Å². The quantitative estimate of drug-likeness (QED) is 0.261. The van der Waals surface area contributed by atoms with Crippen molar-refractivity contribution in [1.29, 1.82) is 0 Å². The van der Waals surface area contributed by atoms with E-state index >= 15 is 0 Å². The number of halogens is 3. The number of methoxy groups -OCH3 is 1. The van der Waals surface area contributed by atoms with Crippen molar-refractivity contribution in [2.75, 3.05) is 13.7 Å². The van der Waals surface area contributed by atoms with E-state index in [0.717, 1.165) is 34.9 Å². The number of rotatable bonds is 7. The Morgan fingerprint density at radius 1 is 1.03 bits per heavy atom. The summed E-state index contributed by atoms with van der Waals surface area (Å²) in [7, 11) is 1.56. The fourth-order valence-electron chi connectivity index (χ4n) is 5.02. The van der Waals surface area contributed by atoms with E-state index in [1.165, 1.54) is 0 Å². The highest BCUT2D eigenvalue weighted by atomic mass is 19.4. The zero-order chi connectivity index (χ0) is 25.1. The largest absolute Gasteiger partial charge is 0.481 e. The molecule has 0 saturated heterocycles. The highest BCUT2D eigenvalue weighted by Gasteiger charge is 2.47. The molecule has 1 fully saturated rings. The summed E-state index contributed by atoms with van der Waals surface area (Å²) < 4.78 is 50.9. The van der Waals surface area contributed by atoms with E-state index < -0.39 is 17.5 Å². The van der Waals surface area contributed by atoms with Crippen molar-refractivity contribution in [2.24, 2.45) is 5.92 Å². The van der Waals surface area contributed by atoms with Gasteiger partial charge in [0.05, 0.1) is 30.7 Å². The molecule has 186 valence electrons. The minimum Gasteiger partial charge on any atom is -0.481 e. The fraction of sp³-hybridized carbons (Fsp3) is 0.429. The van der Waals surface area contributed by atoms with E-state index in [1.807, 2.05) is 43.3 Å². The van der Waals surface area contributed by atoms with Gasteiger partial charge in [-0.05, 0) is 73.6 Å². The Kier molecular flexibility index (Phi) is 7.33. The number of ether oxygens (including phenoxy) is 2. The summed E-state index contributed by atoms with van der Waals surface area (Å²) in [5.74, 6) is -1.17. The summed E-state index contributed by atoms with van der Waals surface area (Å²) in [5, 5.41) is 0.900. The molecule has 4 rings (SSSR count). The lowest BCUT2D eigenvalue weighted by atomic mass is 9.63. The Balaban J connectivity index is 1.69. The molecule has 1 saturated carbocycles. The Morgan fingerprint density at radius 3 is 2.34 bits per heavy atom. The molecule has 1 aromatic heterocycles. The number of alkyl halides is 3. The molecule has 0 bridgehead atoms. The van der Waals surface area contributed by atoms with Crippen LogP contribution < -0.4 is 4.74 Å². The van der Waals surface area contributed by atoms with Crippen LogP contribution in [0.25, 0.3) is 10.9 Å². The van der Waals surface area contributed by atoms with Crippen LogP contribution in [-0.2, 0) is 10.2 Å². The number of hydrogen-bond acceptors (Lipinski definition) is 4. The molecule has 0 radical (unpaired) electrons. The lowest BCUT2D eigenvalue weighted by Gasteiger charge is -2.42. The number of carbonyl (C=O) groups excluding carboxylic acids is 1. The summed E-state index contributed by atoms with van der Waals surface area (Å²) in [6.45, 7) is 2.39. The zero-order valence-corrected chi connectivity index (χ0v) is 20.0. The standard InChI is InChI=1S/C28H30F3NO3/c1-3-4-17-35-26(33)19-5-8-21(9-6-19)27(15-13-22(14-16-27)28(29,30)31)23-10-11-24-20(18-23)7-12-25(32-24)34-2/h5-12,18,22H,3-4,13-17H2,1-2H3. The van der Waals surface area contributed by atoms with Crippen LogP contribution in [0, 0.1) is 5.92 Å². The third-order valence-corrected chi connectivity index (χ3v) is 7.13. The van der Waals surface area contributed by atoms with Gasteiger partial charge in [-0.25, -0.2) is 9.78 Å². The Morgan fingerprint density at radius 2 is 1.71 bits per heavy atom. The van der Waals surface area contributed by atoms with Gasteiger partial charge >= 0.3 is 12.1 Å². The summed E-state index contributed by atoms with van der Waals surface area (Å²) in [4.78, 5) is 16.8. The van der Waals surface area contributed by atoms with Gasteiger partial charge in [0.25, 0.3) is 0 Å². The molecule has 0 atom stereocenters. The Hall–Kier alpha value is -3.09. The lowest BCUT2D eigenvalue weighted by molar-refractivity contribution is -0.184. The maximum atomic E-state index is 13.5. The fourth-order valence-corrected chi connectivity index (χ4v) is 5.02. The number of benzene rings is 2. The number of unbranched alkanes of at least 4 members (excludes halogenated alkanes) is 1. The normalized spacial score (nSPS) is 20.5. The van der Waals surface area contributed by atoms with E-state index in [0.29, 0.717) is 30.9 Å². The first-order valence-corrected chi connectivity index (χ1v) is 12.1. The SMILES string of the molecule is CCCCOC(=O)c1ccc(C2(c3ccc4nc(OC)ccc4c3)CCC(C(F)(F)F)CC2)cc1. The molecule has 3 aromatic rings. The summed E-state index contributed by atoms with van der Waals surface area (Å²) in [6.07, 6.45) is -1.61. The molecule has 4 nitrogen and oxygen atoms in total.